The largest absolute Gasteiger partial charge is 0.495 e. The summed E-state index contributed by atoms with van der Waals surface area (Å²) in [6, 6.07) is 12.8. The number of halogens is 1. The van der Waals surface area contributed by atoms with E-state index in [9.17, 15) is 13.2 Å². The lowest BCUT2D eigenvalue weighted by atomic mass is 10.2. The van der Waals surface area contributed by atoms with Crippen LogP contribution in [-0.4, -0.2) is 21.4 Å². The molecule has 0 fully saturated rings. The van der Waals surface area contributed by atoms with Gasteiger partial charge in [-0.25, -0.2) is 8.42 Å². The summed E-state index contributed by atoms with van der Waals surface area (Å²) in [6.45, 7) is 4.00. The maximum absolute atomic E-state index is 13.0. The fourth-order valence-electron chi connectivity index (χ4n) is 2.88. The predicted octanol–water partition coefficient (Wildman–Crippen LogP) is 5.33. The Balaban J connectivity index is 1.91. The topological polar surface area (TPSA) is 84.5 Å². The summed E-state index contributed by atoms with van der Waals surface area (Å²) in [7, 11) is -2.64. The smallest absolute Gasteiger partial charge is 0.265 e. The van der Waals surface area contributed by atoms with E-state index in [0.29, 0.717) is 10.6 Å². The molecular weight excluding hydrogens is 444 g/mol. The van der Waals surface area contributed by atoms with E-state index in [-0.39, 0.29) is 27.3 Å². The monoisotopic (exact) mass is 464 g/mol. The molecule has 9 heteroatoms. The zero-order valence-electron chi connectivity index (χ0n) is 16.7. The second-order valence-electron chi connectivity index (χ2n) is 6.48. The van der Waals surface area contributed by atoms with Gasteiger partial charge in [0.1, 0.15) is 10.6 Å². The number of hydrogen-bond donors (Lipinski definition) is 2. The maximum atomic E-state index is 13.0. The van der Waals surface area contributed by atoms with E-state index in [2.05, 4.69) is 10.0 Å². The lowest BCUT2D eigenvalue weighted by Gasteiger charge is -2.14. The van der Waals surface area contributed by atoms with Crippen molar-refractivity contribution in [2.24, 2.45) is 0 Å². The fraction of sp³-hybridized carbons (Fsp3) is 0.190. The second-order valence-corrected chi connectivity index (χ2v) is 9.67. The van der Waals surface area contributed by atoms with Gasteiger partial charge in [0.05, 0.1) is 22.7 Å². The molecule has 2 N–H and O–H groups in total. The van der Waals surface area contributed by atoms with E-state index in [1.165, 1.54) is 30.6 Å². The normalized spacial score (nSPS) is 11.2. The summed E-state index contributed by atoms with van der Waals surface area (Å²) in [5.74, 6) is -0.150. The number of sulfonamides is 1. The first kappa shape index (κ1) is 22.1. The van der Waals surface area contributed by atoms with Crippen molar-refractivity contribution in [2.75, 3.05) is 17.1 Å². The van der Waals surface area contributed by atoms with E-state index in [0.717, 1.165) is 16.9 Å². The second kappa shape index (κ2) is 9.07. The number of rotatable bonds is 7. The van der Waals surface area contributed by atoms with Crippen LogP contribution in [0.25, 0.3) is 0 Å². The number of para-hydroxylation sites is 1. The molecule has 0 radical (unpaired) electrons. The highest BCUT2D eigenvalue weighted by molar-refractivity contribution is 7.92. The average Bonchev–Trinajstić information content (AvgIpc) is 3.10. The molecule has 0 aliphatic rings. The lowest BCUT2D eigenvalue weighted by molar-refractivity contribution is 0.103. The van der Waals surface area contributed by atoms with Crippen LogP contribution in [0.2, 0.25) is 5.02 Å². The van der Waals surface area contributed by atoms with E-state index in [4.69, 9.17) is 16.3 Å². The number of ether oxygens (including phenoxy) is 1. The van der Waals surface area contributed by atoms with Crippen molar-refractivity contribution < 1.29 is 17.9 Å². The number of methoxy groups -OCH3 is 1. The van der Waals surface area contributed by atoms with Crippen LogP contribution in [0, 0.1) is 6.92 Å². The Bertz CT molecular complexity index is 1190. The minimum atomic E-state index is -4.02. The lowest BCUT2D eigenvalue weighted by Crippen LogP contribution is -2.16. The molecule has 0 spiro atoms. The van der Waals surface area contributed by atoms with Crippen LogP contribution in [-0.2, 0) is 16.4 Å². The van der Waals surface area contributed by atoms with Gasteiger partial charge >= 0.3 is 0 Å². The Morgan fingerprint density at radius 1 is 1.17 bits per heavy atom. The molecule has 1 amide bonds. The van der Waals surface area contributed by atoms with Gasteiger partial charge in [0.15, 0.2) is 0 Å². The van der Waals surface area contributed by atoms with Crippen LogP contribution in [0.3, 0.4) is 0 Å². The van der Waals surface area contributed by atoms with E-state index in [1.807, 2.05) is 19.9 Å². The highest BCUT2D eigenvalue weighted by Gasteiger charge is 2.22. The number of nitrogens with one attached hydrogen (secondary N) is 2. The molecule has 0 aliphatic heterocycles. The molecule has 1 aromatic heterocycles. The molecule has 3 rings (SSSR count). The van der Waals surface area contributed by atoms with Crippen LogP contribution in [0.4, 0.5) is 11.4 Å². The van der Waals surface area contributed by atoms with Gasteiger partial charge in [-0.3, -0.25) is 9.52 Å². The standard InChI is InChI=1S/C21H21ClN2O4S2/c1-4-18-13(2)11-19(29-18)21(25)23-14-9-10-17(28-3)20(12-14)30(26,27)24-16-8-6-5-7-15(16)22/h5-12,24H,4H2,1-3H3,(H,23,25). The third-order valence-electron chi connectivity index (χ3n) is 4.39. The Hall–Kier alpha value is -2.55. The molecule has 0 bridgehead atoms. The van der Waals surface area contributed by atoms with Crippen LogP contribution in [0.15, 0.2) is 53.4 Å². The van der Waals surface area contributed by atoms with E-state index in [1.54, 1.807) is 30.3 Å². The number of thiophene rings is 1. The molecule has 0 aliphatic carbocycles. The van der Waals surface area contributed by atoms with Gasteiger partial charge in [0, 0.05) is 10.6 Å². The summed E-state index contributed by atoms with van der Waals surface area (Å²) in [5.41, 5.74) is 1.65. The Morgan fingerprint density at radius 2 is 1.90 bits per heavy atom. The zero-order valence-corrected chi connectivity index (χ0v) is 19.0. The van der Waals surface area contributed by atoms with Crippen molar-refractivity contribution in [3.05, 3.63) is 68.9 Å². The van der Waals surface area contributed by atoms with E-state index >= 15 is 0 Å². The maximum Gasteiger partial charge on any atom is 0.265 e. The quantitative estimate of drug-likeness (QED) is 0.494. The molecule has 0 saturated carbocycles. The van der Waals surface area contributed by atoms with Crippen LogP contribution in [0.5, 0.6) is 5.75 Å². The van der Waals surface area contributed by atoms with Crippen LogP contribution < -0.4 is 14.8 Å². The molecular formula is C21H21ClN2O4S2. The van der Waals surface area contributed by atoms with Gasteiger partial charge < -0.3 is 10.1 Å². The molecule has 3 aromatic rings. The van der Waals surface area contributed by atoms with Gasteiger partial charge in [0.25, 0.3) is 15.9 Å². The molecule has 158 valence electrons. The first-order valence-corrected chi connectivity index (χ1v) is 11.8. The highest BCUT2D eigenvalue weighted by Crippen LogP contribution is 2.31. The summed E-state index contributed by atoms with van der Waals surface area (Å²) in [5, 5.41) is 3.03. The van der Waals surface area contributed by atoms with Crippen LogP contribution in [0.1, 0.15) is 27.0 Å². The van der Waals surface area contributed by atoms with Crippen molar-refractivity contribution in [1.82, 2.24) is 0 Å². The molecule has 30 heavy (non-hydrogen) atoms. The molecule has 6 nitrogen and oxygen atoms in total. The van der Waals surface area contributed by atoms with Crippen molar-refractivity contribution in [3.8, 4) is 5.75 Å². The molecule has 0 unspecified atom stereocenters. The van der Waals surface area contributed by atoms with Gasteiger partial charge in [-0.2, -0.15) is 0 Å². The number of carbonyl (C=O) groups is 1. The number of carbonyl (C=O) groups excluding carboxylic acids is 1. The van der Waals surface area contributed by atoms with Crippen molar-refractivity contribution >= 4 is 50.2 Å². The first-order chi connectivity index (χ1) is 14.2. The number of anilines is 2. The Morgan fingerprint density at radius 3 is 2.53 bits per heavy atom. The molecule has 1 heterocycles. The number of hydrogen-bond acceptors (Lipinski definition) is 5. The molecule has 0 saturated heterocycles. The third-order valence-corrected chi connectivity index (χ3v) is 7.49. The SMILES string of the molecule is CCc1sc(C(=O)Nc2ccc(OC)c(S(=O)(=O)Nc3ccccc3Cl)c2)cc1C. The molecule has 0 atom stereocenters. The predicted molar refractivity (Wildman–Crippen MR) is 122 cm³/mol. The van der Waals surface area contributed by atoms with Crippen molar-refractivity contribution in [2.45, 2.75) is 25.2 Å². The summed E-state index contributed by atoms with van der Waals surface area (Å²) in [4.78, 5) is 14.2. The average molecular weight is 465 g/mol. The van der Waals surface area contributed by atoms with Crippen LogP contribution >= 0.6 is 22.9 Å². The minimum absolute atomic E-state index is 0.112. The number of amides is 1. The number of benzene rings is 2. The van der Waals surface area contributed by atoms with Crippen molar-refractivity contribution in [1.29, 1.82) is 0 Å². The van der Waals surface area contributed by atoms with E-state index < -0.39 is 10.0 Å². The highest BCUT2D eigenvalue weighted by atomic mass is 35.5. The van der Waals surface area contributed by atoms with Gasteiger partial charge in [-0.1, -0.05) is 30.7 Å². The van der Waals surface area contributed by atoms with Gasteiger partial charge in [-0.15, -0.1) is 11.3 Å². The van der Waals surface area contributed by atoms with Gasteiger partial charge in [-0.05, 0) is 55.3 Å². The van der Waals surface area contributed by atoms with Crippen molar-refractivity contribution in [3.63, 3.8) is 0 Å². The number of aryl methyl sites for hydroxylation is 2. The summed E-state index contributed by atoms with van der Waals surface area (Å²) < 4.78 is 33.6. The molecule has 2 aromatic carbocycles. The minimum Gasteiger partial charge on any atom is -0.495 e. The Kier molecular flexibility index (Phi) is 6.70. The summed E-state index contributed by atoms with van der Waals surface area (Å²) in [6.07, 6.45) is 0.850. The van der Waals surface area contributed by atoms with Gasteiger partial charge in [0.2, 0.25) is 0 Å². The zero-order chi connectivity index (χ0) is 21.9. The first-order valence-electron chi connectivity index (χ1n) is 9.11. The fourth-order valence-corrected chi connectivity index (χ4v) is 5.41. The summed E-state index contributed by atoms with van der Waals surface area (Å²) >= 11 is 7.50. The Labute approximate surface area is 184 Å². The third kappa shape index (κ3) is 4.77.